The smallest absolute Gasteiger partial charge is 0.124 e. The zero-order valence-electron chi connectivity index (χ0n) is 9.75. The van der Waals surface area contributed by atoms with Crippen molar-refractivity contribution in [2.24, 2.45) is 0 Å². The third-order valence-corrected chi connectivity index (χ3v) is 5.46. The van der Waals surface area contributed by atoms with Gasteiger partial charge in [0.2, 0.25) is 0 Å². The Morgan fingerprint density at radius 3 is 2.89 bits per heavy atom. The number of thioether (sulfide) groups is 1. The molecule has 0 fully saturated rings. The number of aromatic nitrogens is 2. The molecule has 0 spiro atoms. The fourth-order valence-electron chi connectivity index (χ4n) is 1.49. The zero-order chi connectivity index (χ0) is 13.1. The van der Waals surface area contributed by atoms with Crippen molar-refractivity contribution in [1.82, 2.24) is 9.97 Å². The van der Waals surface area contributed by atoms with E-state index in [9.17, 15) is 0 Å². The lowest BCUT2D eigenvalue weighted by Crippen LogP contribution is -1.83. The molecule has 0 amide bonds. The van der Waals surface area contributed by atoms with Crippen LogP contribution in [0.3, 0.4) is 0 Å². The molecule has 0 atom stereocenters. The van der Waals surface area contributed by atoms with Crippen molar-refractivity contribution >= 4 is 50.4 Å². The molecule has 96 valence electrons. The average molecular weight is 369 g/mol. The SMILES string of the molecule is Brc1ccc(SCc2csc(-c3ccsc3)n2)nc1. The van der Waals surface area contributed by atoms with E-state index >= 15 is 0 Å². The Hall–Kier alpha value is -0.690. The highest BCUT2D eigenvalue weighted by Gasteiger charge is 2.06. The zero-order valence-corrected chi connectivity index (χ0v) is 13.8. The number of nitrogens with zero attached hydrogens (tertiary/aromatic N) is 2. The Bertz CT molecular complexity index is 647. The second-order valence-electron chi connectivity index (χ2n) is 3.76. The van der Waals surface area contributed by atoms with Crippen LogP contribution in [0.25, 0.3) is 10.6 Å². The highest BCUT2D eigenvalue weighted by molar-refractivity contribution is 9.10. The predicted octanol–water partition coefficient (Wildman–Crippen LogP) is 5.32. The molecule has 0 aliphatic heterocycles. The Balaban J connectivity index is 1.66. The van der Waals surface area contributed by atoms with Crippen LogP contribution in [0.5, 0.6) is 0 Å². The quantitative estimate of drug-likeness (QED) is 0.582. The van der Waals surface area contributed by atoms with Crippen molar-refractivity contribution < 1.29 is 0 Å². The molecule has 0 radical (unpaired) electrons. The van der Waals surface area contributed by atoms with Gasteiger partial charge in [0.25, 0.3) is 0 Å². The fourth-order valence-corrected chi connectivity index (χ4v) is 4.09. The molecule has 0 bridgehead atoms. The minimum absolute atomic E-state index is 0.856. The number of rotatable bonds is 4. The van der Waals surface area contributed by atoms with E-state index in [1.807, 2.05) is 18.3 Å². The van der Waals surface area contributed by atoms with Crippen molar-refractivity contribution in [2.75, 3.05) is 0 Å². The van der Waals surface area contributed by atoms with Gasteiger partial charge in [-0.05, 0) is 39.5 Å². The summed E-state index contributed by atoms with van der Waals surface area (Å²) in [7, 11) is 0. The highest BCUT2D eigenvalue weighted by atomic mass is 79.9. The second-order valence-corrected chi connectivity index (χ2v) is 7.31. The van der Waals surface area contributed by atoms with Gasteiger partial charge >= 0.3 is 0 Å². The number of pyridine rings is 1. The van der Waals surface area contributed by atoms with E-state index < -0.39 is 0 Å². The first-order valence-electron chi connectivity index (χ1n) is 5.52. The van der Waals surface area contributed by atoms with Gasteiger partial charge in [0.1, 0.15) is 5.01 Å². The van der Waals surface area contributed by atoms with E-state index in [0.717, 1.165) is 26.0 Å². The van der Waals surface area contributed by atoms with E-state index in [1.165, 1.54) is 5.56 Å². The number of hydrogen-bond acceptors (Lipinski definition) is 5. The standard InChI is InChI=1S/C13H9BrN2S3/c14-10-1-2-12(15-5-10)18-7-11-8-19-13(16-11)9-3-4-17-6-9/h1-6,8H,7H2. The first-order valence-corrected chi connectivity index (χ1v) is 9.13. The van der Waals surface area contributed by atoms with Crippen LogP contribution in [0.15, 0.2) is 50.0 Å². The summed E-state index contributed by atoms with van der Waals surface area (Å²) in [4.78, 5) is 9.00. The van der Waals surface area contributed by atoms with E-state index in [2.05, 4.69) is 48.1 Å². The van der Waals surface area contributed by atoms with Gasteiger partial charge in [0.15, 0.2) is 0 Å². The molecule has 0 unspecified atom stereocenters. The molecule has 0 N–H and O–H groups in total. The van der Waals surface area contributed by atoms with Crippen LogP contribution in [0.1, 0.15) is 5.69 Å². The molecule has 0 saturated heterocycles. The summed E-state index contributed by atoms with van der Waals surface area (Å²) in [5.74, 6) is 0.856. The van der Waals surface area contributed by atoms with Gasteiger partial charge in [0, 0.05) is 32.7 Å². The van der Waals surface area contributed by atoms with Crippen molar-refractivity contribution in [3.63, 3.8) is 0 Å². The van der Waals surface area contributed by atoms with Crippen LogP contribution in [0, 0.1) is 0 Å². The summed E-state index contributed by atoms with van der Waals surface area (Å²) >= 11 is 8.49. The largest absolute Gasteiger partial charge is 0.249 e. The predicted molar refractivity (Wildman–Crippen MR) is 86.9 cm³/mol. The molecule has 3 rings (SSSR count). The molecule has 0 aliphatic rings. The Morgan fingerprint density at radius 2 is 2.16 bits per heavy atom. The number of thiazole rings is 1. The fraction of sp³-hybridized carbons (Fsp3) is 0.0769. The molecular weight excluding hydrogens is 360 g/mol. The van der Waals surface area contributed by atoms with Gasteiger partial charge in [-0.3, -0.25) is 0 Å². The molecular formula is C13H9BrN2S3. The first kappa shape index (κ1) is 13.3. The number of halogens is 1. The minimum Gasteiger partial charge on any atom is -0.249 e. The van der Waals surface area contributed by atoms with Crippen molar-refractivity contribution in [1.29, 1.82) is 0 Å². The Morgan fingerprint density at radius 1 is 1.21 bits per heavy atom. The maximum absolute atomic E-state index is 4.65. The second kappa shape index (κ2) is 6.17. The van der Waals surface area contributed by atoms with Crippen LogP contribution >= 0.6 is 50.4 Å². The lowest BCUT2D eigenvalue weighted by Gasteiger charge is -1.98. The lowest BCUT2D eigenvalue weighted by molar-refractivity contribution is 1.12. The van der Waals surface area contributed by atoms with Crippen LogP contribution in [-0.2, 0) is 5.75 Å². The molecule has 0 saturated carbocycles. The number of thiophene rings is 1. The molecule has 6 heteroatoms. The monoisotopic (exact) mass is 368 g/mol. The minimum atomic E-state index is 0.856. The van der Waals surface area contributed by atoms with Crippen molar-refractivity contribution in [3.05, 3.63) is 50.7 Å². The maximum Gasteiger partial charge on any atom is 0.124 e. The van der Waals surface area contributed by atoms with E-state index in [4.69, 9.17) is 0 Å². The Labute approximate surface area is 132 Å². The first-order chi connectivity index (χ1) is 9.31. The summed E-state index contributed by atoms with van der Waals surface area (Å²) in [6.07, 6.45) is 1.82. The molecule has 2 nitrogen and oxygen atoms in total. The normalized spacial score (nSPS) is 10.8. The third kappa shape index (κ3) is 3.45. The third-order valence-electron chi connectivity index (χ3n) is 2.39. The van der Waals surface area contributed by atoms with Crippen LogP contribution in [-0.4, -0.2) is 9.97 Å². The van der Waals surface area contributed by atoms with Gasteiger partial charge in [0.05, 0.1) is 10.7 Å². The lowest BCUT2D eigenvalue weighted by atomic mass is 10.4. The van der Waals surface area contributed by atoms with Crippen molar-refractivity contribution in [2.45, 2.75) is 10.8 Å². The summed E-state index contributed by atoms with van der Waals surface area (Å²) in [6.45, 7) is 0. The summed E-state index contributed by atoms with van der Waals surface area (Å²) in [6, 6.07) is 6.13. The van der Waals surface area contributed by atoms with Crippen LogP contribution in [0.4, 0.5) is 0 Å². The van der Waals surface area contributed by atoms with Gasteiger partial charge in [-0.2, -0.15) is 11.3 Å². The maximum atomic E-state index is 4.65. The van der Waals surface area contributed by atoms with Gasteiger partial charge in [-0.15, -0.1) is 23.1 Å². The molecule has 19 heavy (non-hydrogen) atoms. The molecule has 3 heterocycles. The van der Waals surface area contributed by atoms with Crippen molar-refractivity contribution in [3.8, 4) is 10.6 Å². The van der Waals surface area contributed by atoms with E-state index in [-0.39, 0.29) is 0 Å². The summed E-state index contributed by atoms with van der Waals surface area (Å²) < 4.78 is 1.00. The molecule has 0 aromatic carbocycles. The van der Waals surface area contributed by atoms with Gasteiger partial charge < -0.3 is 0 Å². The molecule has 0 aliphatic carbocycles. The van der Waals surface area contributed by atoms with Gasteiger partial charge in [-0.25, -0.2) is 9.97 Å². The van der Waals surface area contributed by atoms with Gasteiger partial charge in [-0.1, -0.05) is 0 Å². The molecule has 3 aromatic rings. The average Bonchev–Trinajstić information content (AvgIpc) is 3.09. The van der Waals surface area contributed by atoms with Crippen LogP contribution in [0.2, 0.25) is 0 Å². The highest BCUT2D eigenvalue weighted by Crippen LogP contribution is 2.28. The summed E-state index contributed by atoms with van der Waals surface area (Å²) in [5.41, 5.74) is 2.33. The van der Waals surface area contributed by atoms with E-state index in [1.54, 1.807) is 34.4 Å². The summed E-state index contributed by atoms with van der Waals surface area (Å²) in [5, 5.41) is 8.45. The molecule has 3 aromatic heterocycles. The van der Waals surface area contributed by atoms with Crippen LogP contribution < -0.4 is 0 Å². The number of hydrogen-bond donors (Lipinski definition) is 0. The topological polar surface area (TPSA) is 25.8 Å². The Kier molecular flexibility index (Phi) is 4.32. The van der Waals surface area contributed by atoms with E-state index in [0.29, 0.717) is 0 Å².